The molecular weight excluding hydrogens is 1640 g/mol. The van der Waals surface area contributed by atoms with E-state index in [1.165, 1.54) is 52.0 Å². The molecule has 13 rings (SSSR count). The molecule has 3 unspecified atom stereocenters. The number of rotatable bonds is 13. The van der Waals surface area contributed by atoms with Crippen molar-refractivity contribution in [2.24, 2.45) is 68.0 Å². The van der Waals surface area contributed by atoms with Gasteiger partial charge in [0.1, 0.15) is 52.9 Å². The van der Waals surface area contributed by atoms with Crippen molar-refractivity contribution < 1.29 is 151 Å². The summed E-state index contributed by atoms with van der Waals surface area (Å²) in [5, 5.41) is 95.4. The first kappa shape index (κ1) is 97.1. The molecule has 686 valence electrons. The molecule has 0 spiro atoms. The Bertz CT molecular complexity index is 4970. The van der Waals surface area contributed by atoms with Gasteiger partial charge < -0.3 is 88.2 Å². The number of ether oxygens (including phenoxy) is 10. The zero-order valence-corrected chi connectivity index (χ0v) is 75.2. The Morgan fingerprint density at radius 1 is 0.405 bits per heavy atom. The van der Waals surface area contributed by atoms with Crippen LogP contribution in [0.3, 0.4) is 0 Å². The van der Waals surface area contributed by atoms with E-state index >= 15 is 0 Å². The average Bonchev–Trinajstić information content (AvgIpc) is 0.662. The molecule has 0 aromatic heterocycles. The standard InChI is InChI=1S/C32H42O11.C32H40O10.C31H38O10/c1-16-13-22(41-18(3)34)31(39,15-33)25-27(43-28(38)20-11-9-8-10-12-20)32(40)14-21(36)17(2)23(29(32,5)6)24(42-19(4)35)26(37)30(16,25)7;1-16-13-22-31(15-39-22,42-19(4)34)25-27(41-28(37)20-11-9-8-10-12-20)32(38)14-21(35)17(2)23(29(32,5)6)24(40-18(3)33)26(36)30(16,25)7;1-15-13-21(39-17(3)32)24(35)23-27(41-28(37)19-11-9-8-10-12-19)31(38)14-20(34)16(2)22(29(31,5)6)25(40-18(4)33)26(36)30(15,23)7/h8-12,16,21-22,24-25,27,33,36,39-40H,13-15H2,1-7H3;8-12,16,21-22,24-25,27,35,38H,13-15H2,1-7H3;8-12,15,20-21,23,25,27,34,38H,13-14H2,1-7H3/t16-,21-,22-,24+,25?,27-,30+,31-,32+;16-,21-,22+,24+,25?,27-,30+,31-,32+;15-,20-,21-,23?,25+,27-,30+,31+/m000/s1. The molecule has 6 saturated carbocycles. The Balaban J connectivity index is 0.000000184. The molecule has 7 fully saturated rings. The van der Waals surface area contributed by atoms with Gasteiger partial charge in [0, 0.05) is 99.2 Å². The highest BCUT2D eigenvalue weighted by Gasteiger charge is 2.80. The molecule has 26 atom stereocenters. The summed E-state index contributed by atoms with van der Waals surface area (Å²) in [5.41, 5.74) is -17.1. The van der Waals surface area contributed by atoms with Crippen molar-refractivity contribution >= 4 is 76.9 Å². The molecular formula is C95H120O31. The highest BCUT2D eigenvalue weighted by atomic mass is 16.6. The van der Waals surface area contributed by atoms with Crippen molar-refractivity contribution in [3.63, 3.8) is 0 Å². The molecule has 31 nitrogen and oxygen atoms in total. The summed E-state index contributed by atoms with van der Waals surface area (Å²) in [4.78, 5) is 174. The van der Waals surface area contributed by atoms with Gasteiger partial charge in [0.2, 0.25) is 0 Å². The zero-order chi connectivity index (χ0) is 93.9. The first-order chi connectivity index (χ1) is 58.4. The van der Waals surface area contributed by atoms with E-state index in [0.29, 0.717) is 23.1 Å². The predicted octanol–water partition coefficient (Wildman–Crippen LogP) is 7.54. The first-order valence-corrected chi connectivity index (χ1v) is 42.7. The lowest BCUT2D eigenvalue weighted by Crippen LogP contribution is -2.80. The van der Waals surface area contributed by atoms with Gasteiger partial charge in [0.15, 0.2) is 53.1 Å². The number of aliphatic hydroxyl groups is 8. The van der Waals surface area contributed by atoms with Crippen LogP contribution >= 0.6 is 0 Å². The molecule has 9 aliphatic carbocycles. The fourth-order valence-electron chi connectivity index (χ4n) is 23.2. The van der Waals surface area contributed by atoms with Crippen LogP contribution in [0.2, 0.25) is 0 Å². The molecule has 0 amide bonds. The monoisotopic (exact) mass is 1760 g/mol. The topological polar surface area (TPSA) is 476 Å². The van der Waals surface area contributed by atoms with Crippen LogP contribution in [0.15, 0.2) is 124 Å². The maximum absolute atomic E-state index is 15.0. The van der Waals surface area contributed by atoms with Crippen molar-refractivity contribution in [3.8, 4) is 0 Å². The van der Waals surface area contributed by atoms with Crippen molar-refractivity contribution in [1.29, 1.82) is 0 Å². The molecule has 3 aromatic rings. The van der Waals surface area contributed by atoms with Gasteiger partial charge in [-0.1, -0.05) is 138 Å². The minimum absolute atomic E-state index is 0.00816. The number of hydrogen-bond donors (Lipinski definition) is 8. The molecule has 1 aliphatic heterocycles. The number of esters is 9. The third-order valence-electron chi connectivity index (χ3n) is 30.8. The Labute approximate surface area is 731 Å². The van der Waals surface area contributed by atoms with Crippen LogP contribution in [-0.4, -0.2) is 232 Å². The van der Waals surface area contributed by atoms with Crippen LogP contribution in [0, 0.1) is 68.0 Å². The number of hydrogen-bond acceptors (Lipinski definition) is 31. The molecule has 1 saturated heterocycles. The van der Waals surface area contributed by atoms with Crippen LogP contribution in [0.5, 0.6) is 0 Å². The summed E-state index contributed by atoms with van der Waals surface area (Å²) in [6.45, 7) is 30.5. The average molecular weight is 1760 g/mol. The third-order valence-corrected chi connectivity index (χ3v) is 30.8. The Kier molecular flexibility index (Phi) is 26.5. The van der Waals surface area contributed by atoms with Gasteiger partial charge in [-0.05, 0) is 128 Å². The third kappa shape index (κ3) is 15.5. The summed E-state index contributed by atoms with van der Waals surface area (Å²) in [7, 11) is 0. The highest BCUT2D eigenvalue weighted by molar-refractivity contribution is 6.02. The second-order valence-electron chi connectivity index (χ2n) is 38.5. The van der Waals surface area contributed by atoms with Crippen LogP contribution in [0.4, 0.5) is 0 Å². The summed E-state index contributed by atoms with van der Waals surface area (Å²) in [6, 6.07) is 24.2. The van der Waals surface area contributed by atoms with E-state index in [9.17, 15) is 103 Å². The van der Waals surface area contributed by atoms with E-state index in [1.807, 2.05) is 6.92 Å². The minimum Gasteiger partial charge on any atom is -0.459 e. The fourth-order valence-corrected chi connectivity index (χ4v) is 23.2. The Morgan fingerprint density at radius 3 is 1.06 bits per heavy atom. The van der Waals surface area contributed by atoms with Crippen LogP contribution in [0.1, 0.15) is 215 Å². The van der Waals surface area contributed by atoms with Gasteiger partial charge in [0.05, 0.1) is 60.1 Å². The van der Waals surface area contributed by atoms with E-state index < -0.39 is 253 Å². The predicted molar refractivity (Wildman–Crippen MR) is 443 cm³/mol. The molecule has 31 heteroatoms. The SMILES string of the molecule is CC(=O)O[C@H]1C(=O)[C@@]2(C)C(C(=O)[C@@H](OC(C)=O)C[C@@H]2C)[C@H](OC(=O)c2ccccc2)[C@]2(O)C[C@H](O)C(C)=C1C2(C)C.CC(=O)O[C@H]1C(=O)[C@@]2(C)C([C@H](OC(=O)c3ccccc3)[C@]3(O)C[C@H](O)C(C)=C1C3(C)C)[C@](O)(CO)[C@@H](OC(C)=O)C[C@@H]2C.CC(=O)O[C@H]1C(=O)[C@@]2(C)C([C@H](OC(=O)c3ccccc3)[C@]3(O)C[C@H](O)C(C)=C1C3(C)C)[C@]1(OC(C)=O)CO[C@@H]1C[C@@H]2C. The van der Waals surface area contributed by atoms with Gasteiger partial charge in [0.25, 0.3) is 0 Å². The number of fused-ring (bicyclic) bond motifs is 11. The van der Waals surface area contributed by atoms with E-state index in [2.05, 4.69) is 0 Å². The van der Waals surface area contributed by atoms with Gasteiger partial charge in [-0.2, -0.15) is 0 Å². The first-order valence-electron chi connectivity index (χ1n) is 42.7. The summed E-state index contributed by atoms with van der Waals surface area (Å²) in [5.74, 6) is -15.3. The number of aliphatic hydroxyl groups excluding tert-OH is 4. The van der Waals surface area contributed by atoms with E-state index in [1.54, 1.807) is 150 Å². The molecule has 8 N–H and O–H groups in total. The number of benzene rings is 3. The minimum atomic E-state index is -2.42. The van der Waals surface area contributed by atoms with Crippen LogP contribution in [0.25, 0.3) is 0 Å². The zero-order valence-electron chi connectivity index (χ0n) is 75.2. The van der Waals surface area contributed by atoms with Crippen molar-refractivity contribution in [2.45, 2.75) is 285 Å². The lowest BCUT2D eigenvalue weighted by Gasteiger charge is -2.68. The number of carbonyl (C=O) groups excluding carboxylic acids is 13. The van der Waals surface area contributed by atoms with Crippen LogP contribution < -0.4 is 0 Å². The molecule has 3 aromatic carbocycles. The largest absolute Gasteiger partial charge is 0.459 e. The van der Waals surface area contributed by atoms with Crippen molar-refractivity contribution in [1.82, 2.24) is 0 Å². The quantitative estimate of drug-likeness (QED) is 0.0465. The molecule has 6 bridgehead atoms. The number of Topliss-reactive ketones (excluding diaryl/α,β-unsaturated/α-hetero) is 4. The molecule has 1 heterocycles. The smallest absolute Gasteiger partial charge is 0.338 e. The van der Waals surface area contributed by atoms with E-state index in [-0.39, 0.29) is 72.1 Å². The van der Waals surface area contributed by atoms with Crippen LogP contribution in [-0.2, 0) is 95.3 Å². The summed E-state index contributed by atoms with van der Waals surface area (Å²) in [6.07, 6.45) is -17.3. The van der Waals surface area contributed by atoms with Gasteiger partial charge in [-0.3, -0.25) is 47.9 Å². The normalized spacial score (nSPS) is 38.5. The van der Waals surface area contributed by atoms with E-state index in [0.717, 1.165) is 27.7 Å². The molecule has 10 aliphatic rings. The fraction of sp³-hybridized carbons (Fsp3) is 0.611. The molecule has 126 heavy (non-hydrogen) atoms. The maximum atomic E-state index is 15.0. The summed E-state index contributed by atoms with van der Waals surface area (Å²) >= 11 is 0. The van der Waals surface area contributed by atoms with Crippen molar-refractivity contribution in [2.75, 3.05) is 13.2 Å². The maximum Gasteiger partial charge on any atom is 0.338 e. The van der Waals surface area contributed by atoms with Gasteiger partial charge in [-0.15, -0.1) is 0 Å². The highest BCUT2D eigenvalue weighted by Crippen LogP contribution is 2.68. The second kappa shape index (κ2) is 34.5. The Morgan fingerprint density at radius 2 is 0.722 bits per heavy atom. The molecule has 0 radical (unpaired) electrons. The van der Waals surface area contributed by atoms with Gasteiger partial charge >= 0.3 is 53.7 Å². The number of ketones is 4. The van der Waals surface area contributed by atoms with Gasteiger partial charge in [-0.25, -0.2) is 14.4 Å². The summed E-state index contributed by atoms with van der Waals surface area (Å²) < 4.78 is 58.3. The lowest BCUT2D eigenvalue weighted by molar-refractivity contribution is -0.340. The number of carbonyl (C=O) groups is 13. The lowest BCUT2D eigenvalue weighted by atomic mass is 9.43. The second-order valence-corrected chi connectivity index (χ2v) is 38.5. The Hall–Kier alpha value is -9.57. The van der Waals surface area contributed by atoms with Crippen molar-refractivity contribution in [3.05, 3.63) is 141 Å². The van der Waals surface area contributed by atoms with E-state index in [4.69, 9.17) is 47.4 Å².